The summed E-state index contributed by atoms with van der Waals surface area (Å²) in [7, 11) is 1.37. The van der Waals surface area contributed by atoms with E-state index in [0.29, 0.717) is 6.54 Å². The lowest BCUT2D eigenvalue weighted by atomic mass is 9.98. The van der Waals surface area contributed by atoms with Gasteiger partial charge < -0.3 is 10.1 Å². The number of amides is 3. The Morgan fingerprint density at radius 3 is 2.52 bits per heavy atom. The molecule has 0 saturated carbocycles. The molecule has 1 unspecified atom stereocenters. The van der Waals surface area contributed by atoms with Crippen molar-refractivity contribution in [2.45, 2.75) is 39.2 Å². The zero-order chi connectivity index (χ0) is 16.0. The Labute approximate surface area is 125 Å². The van der Waals surface area contributed by atoms with E-state index in [9.17, 15) is 14.4 Å². The molecule has 120 valence electrons. The third kappa shape index (κ3) is 6.57. The summed E-state index contributed by atoms with van der Waals surface area (Å²) >= 11 is 0. The number of nitrogens with zero attached hydrogens (tertiary/aromatic N) is 1. The van der Waals surface area contributed by atoms with Crippen LogP contribution in [0.1, 0.15) is 33.6 Å². The van der Waals surface area contributed by atoms with Crippen molar-refractivity contribution < 1.29 is 19.1 Å². The van der Waals surface area contributed by atoms with E-state index < -0.39 is 11.6 Å². The van der Waals surface area contributed by atoms with Gasteiger partial charge in [-0.05, 0) is 40.2 Å². The molecule has 21 heavy (non-hydrogen) atoms. The van der Waals surface area contributed by atoms with Gasteiger partial charge in [-0.3, -0.25) is 19.8 Å². The highest BCUT2D eigenvalue weighted by Crippen LogP contribution is 2.17. The predicted octanol–water partition coefficient (Wildman–Crippen LogP) is 0.496. The van der Waals surface area contributed by atoms with Crippen LogP contribution in [-0.4, -0.2) is 55.1 Å². The van der Waals surface area contributed by atoms with Crippen molar-refractivity contribution in [1.82, 2.24) is 15.5 Å². The molecule has 0 spiro atoms. The Balaban J connectivity index is 2.40. The minimum Gasteiger partial charge on any atom is -0.469 e. The Bertz CT molecular complexity index is 404. The molecule has 0 radical (unpaired) electrons. The summed E-state index contributed by atoms with van der Waals surface area (Å²) in [5, 5.41) is 4.95. The van der Waals surface area contributed by atoms with Crippen molar-refractivity contribution in [3.05, 3.63) is 0 Å². The van der Waals surface area contributed by atoms with Gasteiger partial charge in [-0.25, -0.2) is 4.79 Å². The van der Waals surface area contributed by atoms with Gasteiger partial charge in [-0.15, -0.1) is 0 Å². The highest BCUT2D eigenvalue weighted by molar-refractivity contribution is 5.95. The van der Waals surface area contributed by atoms with Gasteiger partial charge in [0, 0.05) is 12.1 Å². The number of ether oxygens (including phenoxy) is 1. The Morgan fingerprint density at radius 1 is 1.29 bits per heavy atom. The van der Waals surface area contributed by atoms with Crippen LogP contribution in [0.2, 0.25) is 0 Å². The molecule has 3 amide bonds. The average molecular weight is 299 g/mol. The number of hydrogen-bond acceptors (Lipinski definition) is 5. The number of hydrogen-bond donors (Lipinski definition) is 2. The van der Waals surface area contributed by atoms with Crippen molar-refractivity contribution in [3.8, 4) is 0 Å². The summed E-state index contributed by atoms with van der Waals surface area (Å²) in [5.74, 6) is -0.812. The number of methoxy groups -OCH3 is 1. The largest absolute Gasteiger partial charge is 0.469 e. The van der Waals surface area contributed by atoms with Crippen LogP contribution in [0.25, 0.3) is 0 Å². The second-order valence-corrected chi connectivity index (χ2v) is 6.35. The molecule has 0 aliphatic carbocycles. The minimum absolute atomic E-state index is 0.102. The van der Waals surface area contributed by atoms with E-state index in [-0.39, 0.29) is 24.3 Å². The number of urea groups is 1. The number of carbonyl (C=O) groups excluding carboxylic acids is 3. The fraction of sp³-hybridized carbons (Fsp3) is 0.786. The summed E-state index contributed by atoms with van der Waals surface area (Å²) in [5.41, 5.74) is -0.397. The van der Waals surface area contributed by atoms with Crippen LogP contribution in [0.15, 0.2) is 0 Å². The average Bonchev–Trinajstić information content (AvgIpc) is 2.35. The van der Waals surface area contributed by atoms with Crippen molar-refractivity contribution in [2.75, 3.05) is 26.7 Å². The van der Waals surface area contributed by atoms with Crippen LogP contribution in [0.5, 0.6) is 0 Å². The molecule has 0 aromatic heterocycles. The summed E-state index contributed by atoms with van der Waals surface area (Å²) in [4.78, 5) is 36.8. The number of imide groups is 1. The first-order chi connectivity index (χ1) is 9.71. The van der Waals surface area contributed by atoms with Gasteiger partial charge in [-0.2, -0.15) is 0 Å². The fourth-order valence-corrected chi connectivity index (χ4v) is 2.30. The summed E-state index contributed by atoms with van der Waals surface area (Å²) in [6, 6.07) is -0.506. The number of piperidine rings is 1. The molecule has 1 atom stereocenters. The highest BCUT2D eigenvalue weighted by atomic mass is 16.5. The van der Waals surface area contributed by atoms with Crippen LogP contribution in [0, 0.1) is 5.92 Å². The number of esters is 1. The first-order valence-electron chi connectivity index (χ1n) is 7.13. The lowest BCUT2D eigenvalue weighted by Gasteiger charge is -2.30. The molecule has 1 rings (SSSR count). The van der Waals surface area contributed by atoms with Gasteiger partial charge in [0.05, 0.1) is 19.6 Å². The molecule has 0 aromatic carbocycles. The van der Waals surface area contributed by atoms with Crippen molar-refractivity contribution in [2.24, 2.45) is 5.92 Å². The van der Waals surface area contributed by atoms with Crippen molar-refractivity contribution >= 4 is 17.9 Å². The van der Waals surface area contributed by atoms with Crippen LogP contribution >= 0.6 is 0 Å². The molecule has 2 N–H and O–H groups in total. The van der Waals surface area contributed by atoms with Crippen molar-refractivity contribution in [1.29, 1.82) is 0 Å². The number of likely N-dealkylation sites (tertiary alicyclic amines) is 1. The Kier molecular flexibility index (Phi) is 6.14. The van der Waals surface area contributed by atoms with E-state index in [1.807, 2.05) is 25.7 Å². The third-order valence-electron chi connectivity index (χ3n) is 3.15. The van der Waals surface area contributed by atoms with E-state index >= 15 is 0 Å². The molecule has 0 bridgehead atoms. The lowest BCUT2D eigenvalue weighted by Crippen LogP contribution is -2.51. The summed E-state index contributed by atoms with van der Waals surface area (Å²) < 4.78 is 4.73. The quantitative estimate of drug-likeness (QED) is 0.741. The first kappa shape index (κ1) is 17.4. The second kappa shape index (κ2) is 7.40. The maximum atomic E-state index is 11.8. The Morgan fingerprint density at radius 2 is 1.95 bits per heavy atom. The minimum atomic E-state index is -0.506. The first-order valence-corrected chi connectivity index (χ1v) is 7.13. The highest BCUT2D eigenvalue weighted by Gasteiger charge is 2.27. The normalized spacial score (nSPS) is 19.7. The van der Waals surface area contributed by atoms with Gasteiger partial charge in [0.2, 0.25) is 5.91 Å². The lowest BCUT2D eigenvalue weighted by molar-refractivity contribution is -0.147. The van der Waals surface area contributed by atoms with E-state index in [1.54, 1.807) is 0 Å². The molecular weight excluding hydrogens is 274 g/mol. The molecule has 1 heterocycles. The van der Waals surface area contributed by atoms with Gasteiger partial charge in [0.15, 0.2) is 0 Å². The van der Waals surface area contributed by atoms with Gasteiger partial charge in [0.1, 0.15) is 0 Å². The number of carbonyl (C=O) groups is 3. The fourth-order valence-electron chi connectivity index (χ4n) is 2.30. The third-order valence-corrected chi connectivity index (χ3v) is 3.15. The molecule has 1 saturated heterocycles. The molecule has 1 fully saturated rings. The van der Waals surface area contributed by atoms with Crippen LogP contribution < -0.4 is 10.6 Å². The van der Waals surface area contributed by atoms with E-state index in [4.69, 9.17) is 4.74 Å². The zero-order valence-electron chi connectivity index (χ0n) is 13.2. The van der Waals surface area contributed by atoms with Gasteiger partial charge in [0.25, 0.3) is 0 Å². The monoisotopic (exact) mass is 299 g/mol. The topological polar surface area (TPSA) is 87.7 Å². The van der Waals surface area contributed by atoms with E-state index in [1.165, 1.54) is 7.11 Å². The molecule has 1 aliphatic rings. The van der Waals surface area contributed by atoms with E-state index in [2.05, 4.69) is 10.6 Å². The smallest absolute Gasteiger partial charge is 0.321 e. The van der Waals surface area contributed by atoms with Gasteiger partial charge in [-0.1, -0.05) is 0 Å². The zero-order valence-corrected chi connectivity index (χ0v) is 13.2. The second-order valence-electron chi connectivity index (χ2n) is 6.35. The predicted molar refractivity (Wildman–Crippen MR) is 77.6 cm³/mol. The molecule has 7 nitrogen and oxygen atoms in total. The van der Waals surface area contributed by atoms with Gasteiger partial charge >= 0.3 is 12.0 Å². The van der Waals surface area contributed by atoms with Crippen LogP contribution in [-0.2, 0) is 14.3 Å². The summed E-state index contributed by atoms with van der Waals surface area (Å²) in [6.07, 6.45) is 1.61. The number of rotatable bonds is 3. The standard InChI is InChI=1S/C14H25N3O4/c1-14(2,3)16-13(20)15-11(18)9-17-7-5-6-10(8-17)12(19)21-4/h10H,5-9H2,1-4H3,(H2,15,16,18,20). The summed E-state index contributed by atoms with van der Waals surface area (Å²) in [6.45, 7) is 6.84. The molecule has 0 aromatic rings. The maximum Gasteiger partial charge on any atom is 0.321 e. The molecule has 7 heteroatoms. The molecular formula is C14H25N3O4. The number of nitrogens with one attached hydrogen (secondary N) is 2. The van der Waals surface area contributed by atoms with Crippen LogP contribution in [0.3, 0.4) is 0 Å². The van der Waals surface area contributed by atoms with Crippen LogP contribution in [0.4, 0.5) is 4.79 Å². The van der Waals surface area contributed by atoms with E-state index in [0.717, 1.165) is 19.4 Å². The maximum absolute atomic E-state index is 11.8. The van der Waals surface area contributed by atoms with Crippen molar-refractivity contribution in [3.63, 3.8) is 0 Å². The SMILES string of the molecule is COC(=O)C1CCCN(CC(=O)NC(=O)NC(C)(C)C)C1. The Hall–Kier alpha value is -1.63. The molecule has 1 aliphatic heterocycles.